The SMILES string of the molecule is Cc1ccc(C)c(C(C)(N)Cc2ccc3c(c2)CCC3)c1. The van der Waals surface area contributed by atoms with E-state index in [1.165, 1.54) is 52.6 Å². The van der Waals surface area contributed by atoms with E-state index in [0.29, 0.717) is 0 Å². The van der Waals surface area contributed by atoms with Gasteiger partial charge in [-0.05, 0) is 74.3 Å². The summed E-state index contributed by atoms with van der Waals surface area (Å²) in [5, 5.41) is 0. The number of aryl methyl sites for hydroxylation is 4. The van der Waals surface area contributed by atoms with Crippen LogP contribution in [0.5, 0.6) is 0 Å². The largest absolute Gasteiger partial charge is 0.321 e. The van der Waals surface area contributed by atoms with Gasteiger partial charge >= 0.3 is 0 Å². The molecular weight excluding hydrogens is 254 g/mol. The molecule has 2 aromatic rings. The number of nitrogens with two attached hydrogens (primary N) is 1. The normalized spacial score (nSPS) is 16.6. The zero-order valence-electron chi connectivity index (χ0n) is 13.4. The minimum atomic E-state index is -0.317. The number of benzene rings is 2. The Hall–Kier alpha value is -1.60. The topological polar surface area (TPSA) is 26.0 Å². The molecule has 110 valence electrons. The number of fused-ring (bicyclic) bond motifs is 1. The summed E-state index contributed by atoms with van der Waals surface area (Å²) >= 11 is 0. The first-order valence-electron chi connectivity index (χ1n) is 7.93. The molecule has 1 unspecified atom stereocenters. The Morgan fingerprint density at radius 1 is 1.00 bits per heavy atom. The van der Waals surface area contributed by atoms with Crippen molar-refractivity contribution in [2.24, 2.45) is 5.73 Å². The third kappa shape index (κ3) is 2.89. The van der Waals surface area contributed by atoms with Crippen LogP contribution in [0.2, 0.25) is 0 Å². The smallest absolute Gasteiger partial charge is 0.0424 e. The van der Waals surface area contributed by atoms with Gasteiger partial charge in [0.25, 0.3) is 0 Å². The fraction of sp³-hybridized carbons (Fsp3) is 0.400. The van der Waals surface area contributed by atoms with Gasteiger partial charge in [-0.25, -0.2) is 0 Å². The molecule has 0 saturated carbocycles. The molecule has 0 fully saturated rings. The van der Waals surface area contributed by atoms with Crippen molar-refractivity contribution in [2.45, 2.75) is 52.0 Å². The standard InChI is InChI=1S/C20H25N/c1-14-7-8-15(2)19(11-14)20(3,21)13-16-9-10-17-5-4-6-18(17)12-16/h7-12H,4-6,13,21H2,1-3H3. The van der Waals surface area contributed by atoms with Crippen molar-refractivity contribution >= 4 is 0 Å². The highest BCUT2D eigenvalue weighted by Crippen LogP contribution is 2.29. The van der Waals surface area contributed by atoms with E-state index in [9.17, 15) is 0 Å². The summed E-state index contributed by atoms with van der Waals surface area (Å²) in [7, 11) is 0. The van der Waals surface area contributed by atoms with E-state index in [1.807, 2.05) is 0 Å². The van der Waals surface area contributed by atoms with Crippen molar-refractivity contribution in [3.8, 4) is 0 Å². The Balaban J connectivity index is 1.90. The van der Waals surface area contributed by atoms with E-state index in [-0.39, 0.29) is 5.54 Å². The second-order valence-corrected chi connectivity index (χ2v) is 6.87. The van der Waals surface area contributed by atoms with Crippen LogP contribution in [0, 0.1) is 13.8 Å². The third-order valence-electron chi connectivity index (χ3n) is 4.74. The van der Waals surface area contributed by atoms with Crippen LogP contribution < -0.4 is 5.73 Å². The highest BCUT2D eigenvalue weighted by Gasteiger charge is 2.24. The minimum Gasteiger partial charge on any atom is -0.321 e. The van der Waals surface area contributed by atoms with Gasteiger partial charge in [-0.1, -0.05) is 42.0 Å². The van der Waals surface area contributed by atoms with Crippen LogP contribution in [0.15, 0.2) is 36.4 Å². The van der Waals surface area contributed by atoms with E-state index >= 15 is 0 Å². The quantitative estimate of drug-likeness (QED) is 0.895. The summed E-state index contributed by atoms with van der Waals surface area (Å²) in [4.78, 5) is 0. The van der Waals surface area contributed by atoms with Crippen LogP contribution in [0.25, 0.3) is 0 Å². The maximum atomic E-state index is 6.69. The van der Waals surface area contributed by atoms with Crippen molar-refractivity contribution in [2.75, 3.05) is 0 Å². The molecule has 2 aromatic carbocycles. The lowest BCUT2D eigenvalue weighted by molar-refractivity contribution is 0.488. The predicted octanol–water partition coefficient (Wildman–Crippen LogP) is 4.21. The van der Waals surface area contributed by atoms with E-state index in [0.717, 1.165) is 6.42 Å². The van der Waals surface area contributed by atoms with Crippen LogP contribution in [0.4, 0.5) is 0 Å². The summed E-state index contributed by atoms with van der Waals surface area (Å²) in [6.45, 7) is 6.44. The number of hydrogen-bond donors (Lipinski definition) is 1. The molecule has 0 radical (unpaired) electrons. The molecule has 1 atom stereocenters. The van der Waals surface area contributed by atoms with Crippen molar-refractivity contribution in [1.82, 2.24) is 0 Å². The first-order chi connectivity index (χ1) is 9.95. The zero-order chi connectivity index (χ0) is 15.0. The summed E-state index contributed by atoms with van der Waals surface area (Å²) in [6, 6.07) is 13.5. The maximum Gasteiger partial charge on any atom is 0.0424 e. The molecule has 0 saturated heterocycles. The summed E-state index contributed by atoms with van der Waals surface area (Å²) in [5.74, 6) is 0. The Bertz CT molecular complexity index is 668. The lowest BCUT2D eigenvalue weighted by Gasteiger charge is -2.28. The first-order valence-corrected chi connectivity index (χ1v) is 7.93. The molecule has 1 aliphatic carbocycles. The third-order valence-corrected chi connectivity index (χ3v) is 4.74. The van der Waals surface area contributed by atoms with E-state index in [4.69, 9.17) is 5.73 Å². The molecule has 0 heterocycles. The Kier molecular flexibility index (Phi) is 3.62. The van der Waals surface area contributed by atoms with Gasteiger partial charge in [-0.3, -0.25) is 0 Å². The maximum absolute atomic E-state index is 6.69. The van der Waals surface area contributed by atoms with Gasteiger partial charge in [0.05, 0.1) is 0 Å². The Morgan fingerprint density at radius 3 is 2.57 bits per heavy atom. The summed E-state index contributed by atoms with van der Waals surface area (Å²) < 4.78 is 0. The van der Waals surface area contributed by atoms with E-state index in [1.54, 1.807) is 0 Å². The fourth-order valence-electron chi connectivity index (χ4n) is 3.61. The van der Waals surface area contributed by atoms with Gasteiger partial charge in [0.2, 0.25) is 0 Å². The van der Waals surface area contributed by atoms with E-state index < -0.39 is 0 Å². The molecule has 0 amide bonds. The highest BCUT2D eigenvalue weighted by atomic mass is 14.7. The summed E-state index contributed by atoms with van der Waals surface area (Å²) in [6.07, 6.45) is 4.67. The van der Waals surface area contributed by atoms with Gasteiger partial charge in [0, 0.05) is 5.54 Å². The lowest BCUT2D eigenvalue weighted by Crippen LogP contribution is -2.36. The van der Waals surface area contributed by atoms with Crippen LogP contribution in [-0.4, -0.2) is 0 Å². The van der Waals surface area contributed by atoms with E-state index in [2.05, 4.69) is 57.2 Å². The molecule has 3 rings (SSSR count). The molecule has 0 aromatic heterocycles. The van der Waals surface area contributed by atoms with Gasteiger partial charge in [-0.15, -0.1) is 0 Å². The zero-order valence-corrected chi connectivity index (χ0v) is 13.4. The van der Waals surface area contributed by atoms with Crippen LogP contribution in [0.1, 0.15) is 46.7 Å². The number of hydrogen-bond acceptors (Lipinski definition) is 1. The summed E-state index contributed by atoms with van der Waals surface area (Å²) in [5.41, 5.74) is 14.6. The first kappa shape index (κ1) is 14.3. The molecule has 21 heavy (non-hydrogen) atoms. The average Bonchev–Trinajstić information content (AvgIpc) is 2.88. The molecule has 1 nitrogen and oxygen atoms in total. The van der Waals surface area contributed by atoms with Gasteiger partial charge in [0.1, 0.15) is 0 Å². The Labute approximate surface area is 128 Å². The van der Waals surface area contributed by atoms with Crippen LogP contribution in [-0.2, 0) is 24.8 Å². The molecule has 0 bridgehead atoms. The van der Waals surface area contributed by atoms with Gasteiger partial charge in [0.15, 0.2) is 0 Å². The fourth-order valence-corrected chi connectivity index (χ4v) is 3.61. The van der Waals surface area contributed by atoms with Crippen molar-refractivity contribution in [3.63, 3.8) is 0 Å². The monoisotopic (exact) mass is 279 g/mol. The van der Waals surface area contributed by atoms with Crippen molar-refractivity contribution < 1.29 is 0 Å². The lowest BCUT2D eigenvalue weighted by atomic mass is 9.83. The van der Waals surface area contributed by atoms with Gasteiger partial charge in [-0.2, -0.15) is 0 Å². The molecule has 1 aliphatic rings. The molecule has 0 spiro atoms. The van der Waals surface area contributed by atoms with Crippen molar-refractivity contribution in [1.29, 1.82) is 0 Å². The second kappa shape index (κ2) is 5.31. The average molecular weight is 279 g/mol. The molecule has 0 aliphatic heterocycles. The second-order valence-electron chi connectivity index (χ2n) is 6.87. The molecule has 1 heteroatoms. The minimum absolute atomic E-state index is 0.317. The predicted molar refractivity (Wildman–Crippen MR) is 89.6 cm³/mol. The van der Waals surface area contributed by atoms with Crippen LogP contribution in [0.3, 0.4) is 0 Å². The Morgan fingerprint density at radius 2 is 1.76 bits per heavy atom. The van der Waals surface area contributed by atoms with Crippen LogP contribution >= 0.6 is 0 Å². The van der Waals surface area contributed by atoms with Gasteiger partial charge < -0.3 is 5.73 Å². The molecular formula is C20H25N. The van der Waals surface area contributed by atoms with Crippen molar-refractivity contribution in [3.05, 3.63) is 69.8 Å². The highest BCUT2D eigenvalue weighted by molar-refractivity contribution is 5.40. The molecule has 2 N–H and O–H groups in total. The number of rotatable bonds is 3.